The molecule has 0 aromatic heterocycles. The van der Waals surface area contributed by atoms with Crippen molar-refractivity contribution in [1.29, 1.82) is 0 Å². The molecule has 3 heteroatoms. The fourth-order valence-corrected chi connectivity index (χ4v) is 7.07. The number of hydrogen-bond donors (Lipinski definition) is 0. The van der Waals surface area contributed by atoms with Crippen LogP contribution in [-0.4, -0.2) is 26.5 Å². The number of anilines is 1. The highest BCUT2D eigenvalue weighted by Gasteiger charge is 2.55. The summed E-state index contributed by atoms with van der Waals surface area (Å²) in [5.74, 6) is 4.52. The summed E-state index contributed by atoms with van der Waals surface area (Å²) in [7, 11) is 4.14. The minimum absolute atomic E-state index is 0.0178. The predicted octanol–water partition coefficient (Wildman–Crippen LogP) is 5.95. The van der Waals surface area contributed by atoms with Gasteiger partial charge in [-0.25, -0.2) is 0 Å². The number of fused-ring (bicyclic) bond motifs is 5. The Kier molecular flexibility index (Phi) is 5.48. The molecule has 31 heavy (non-hydrogen) atoms. The number of allylic oxidation sites excluding steroid dienone is 4. The summed E-state index contributed by atoms with van der Waals surface area (Å²) in [5.41, 5.74) is 4.07. The van der Waals surface area contributed by atoms with Crippen molar-refractivity contribution in [3.05, 3.63) is 53.3 Å². The smallest absolute Gasteiger partial charge is 0.139 e. The van der Waals surface area contributed by atoms with E-state index >= 15 is 0 Å². The number of nitrogens with zero attached hydrogens (tertiary/aromatic N) is 1. The number of Topliss-reactive ketones (excluding diaryl/α,β-unsaturated/α-hetero) is 1. The quantitative estimate of drug-likeness (QED) is 0.591. The molecule has 4 aliphatic rings. The molecule has 0 bridgehead atoms. The van der Waals surface area contributed by atoms with Crippen molar-refractivity contribution in [3.8, 4) is 0 Å². The second-order valence-electron chi connectivity index (χ2n) is 10.7. The Morgan fingerprint density at radius 3 is 2.65 bits per heavy atom. The highest BCUT2D eigenvalue weighted by molar-refractivity contribution is 5.87. The van der Waals surface area contributed by atoms with Crippen molar-refractivity contribution in [2.75, 3.05) is 25.6 Å². The van der Waals surface area contributed by atoms with E-state index in [1.54, 1.807) is 0 Å². The molecule has 0 N–H and O–H groups in total. The van der Waals surface area contributed by atoms with Crippen LogP contribution in [0.2, 0.25) is 0 Å². The molecule has 166 valence electrons. The van der Waals surface area contributed by atoms with Crippen LogP contribution in [0.1, 0.15) is 57.4 Å². The van der Waals surface area contributed by atoms with Crippen LogP contribution in [0.25, 0.3) is 0 Å². The zero-order valence-electron chi connectivity index (χ0n) is 19.4. The molecule has 1 aromatic carbocycles. The Hall–Kier alpha value is -2.03. The Labute approximate surface area is 187 Å². The van der Waals surface area contributed by atoms with Gasteiger partial charge in [0.25, 0.3) is 0 Å². The fourth-order valence-electron chi connectivity index (χ4n) is 7.07. The maximum Gasteiger partial charge on any atom is 0.139 e. The van der Waals surface area contributed by atoms with Gasteiger partial charge in [0.2, 0.25) is 0 Å². The normalized spacial score (nSPS) is 34.2. The van der Waals surface area contributed by atoms with Crippen LogP contribution in [-0.2, 0) is 16.0 Å². The van der Waals surface area contributed by atoms with Crippen LogP contribution >= 0.6 is 0 Å². The van der Waals surface area contributed by atoms with Crippen LogP contribution < -0.4 is 4.90 Å². The molecule has 3 nitrogen and oxygen atoms in total. The third-order valence-corrected chi connectivity index (χ3v) is 8.93. The van der Waals surface area contributed by atoms with E-state index in [9.17, 15) is 4.79 Å². The molecule has 5 rings (SSSR count). The second-order valence-corrected chi connectivity index (χ2v) is 10.7. The number of ether oxygens (including phenoxy) is 1. The zero-order chi connectivity index (χ0) is 21.6. The van der Waals surface area contributed by atoms with Crippen LogP contribution in [0.5, 0.6) is 0 Å². The number of carbonyl (C=O) groups is 1. The van der Waals surface area contributed by atoms with Crippen molar-refractivity contribution >= 4 is 11.5 Å². The first-order valence-corrected chi connectivity index (χ1v) is 12.3. The Bertz CT molecular complexity index is 896. The van der Waals surface area contributed by atoms with Gasteiger partial charge >= 0.3 is 0 Å². The van der Waals surface area contributed by atoms with E-state index in [4.69, 9.17) is 4.74 Å². The van der Waals surface area contributed by atoms with E-state index in [2.05, 4.69) is 62.3 Å². The van der Waals surface area contributed by atoms with Gasteiger partial charge in [-0.2, -0.15) is 0 Å². The Morgan fingerprint density at radius 2 is 1.87 bits per heavy atom. The molecular weight excluding hydrogens is 382 g/mol. The third kappa shape index (κ3) is 3.75. The Morgan fingerprint density at radius 1 is 1.06 bits per heavy atom. The largest absolute Gasteiger partial charge is 0.498 e. The van der Waals surface area contributed by atoms with Gasteiger partial charge in [-0.15, -0.1) is 0 Å². The lowest BCUT2D eigenvalue weighted by molar-refractivity contribution is -0.130. The summed E-state index contributed by atoms with van der Waals surface area (Å²) < 4.78 is 6.21. The maximum atomic E-state index is 12.5. The second kappa shape index (κ2) is 8.15. The fraction of sp³-hybridized carbons (Fsp3) is 0.607. The third-order valence-electron chi connectivity index (χ3n) is 8.93. The molecule has 0 unspecified atom stereocenters. The minimum Gasteiger partial charge on any atom is -0.498 e. The van der Waals surface area contributed by atoms with Gasteiger partial charge in [-0.05, 0) is 85.1 Å². The first-order chi connectivity index (χ1) is 15.0. The van der Waals surface area contributed by atoms with Crippen LogP contribution in [0.15, 0.2) is 47.7 Å². The summed E-state index contributed by atoms with van der Waals surface area (Å²) in [6.45, 7) is 3.02. The molecule has 0 heterocycles. The van der Waals surface area contributed by atoms with Gasteiger partial charge in [0.05, 0.1) is 12.4 Å². The molecule has 4 aliphatic carbocycles. The van der Waals surface area contributed by atoms with Crippen molar-refractivity contribution in [2.45, 2.75) is 58.3 Å². The van der Waals surface area contributed by atoms with Crippen molar-refractivity contribution < 1.29 is 9.53 Å². The van der Waals surface area contributed by atoms with Crippen LogP contribution in [0, 0.1) is 29.1 Å². The van der Waals surface area contributed by atoms with E-state index in [-0.39, 0.29) is 5.41 Å². The summed E-state index contributed by atoms with van der Waals surface area (Å²) in [6.07, 6.45) is 13.5. The monoisotopic (exact) mass is 419 g/mol. The topological polar surface area (TPSA) is 29.5 Å². The Balaban J connectivity index is 1.21. The van der Waals surface area contributed by atoms with E-state index in [0.29, 0.717) is 17.6 Å². The summed E-state index contributed by atoms with van der Waals surface area (Å²) in [5, 5.41) is 0. The predicted molar refractivity (Wildman–Crippen MR) is 126 cm³/mol. The molecule has 0 aliphatic heterocycles. The number of ketones is 1. The van der Waals surface area contributed by atoms with Gasteiger partial charge in [-0.3, -0.25) is 4.79 Å². The average molecular weight is 420 g/mol. The maximum absolute atomic E-state index is 12.5. The van der Waals surface area contributed by atoms with E-state index in [0.717, 1.165) is 57.0 Å². The molecule has 5 atom stereocenters. The van der Waals surface area contributed by atoms with Gasteiger partial charge in [0.1, 0.15) is 5.78 Å². The highest BCUT2D eigenvalue weighted by atomic mass is 16.5. The van der Waals surface area contributed by atoms with E-state index in [1.165, 1.54) is 35.4 Å². The lowest BCUT2D eigenvalue weighted by atomic mass is 9.53. The number of carbonyl (C=O) groups excluding carboxylic acids is 1. The molecule has 0 saturated heterocycles. The first-order valence-electron chi connectivity index (χ1n) is 12.3. The molecule has 2 fully saturated rings. The van der Waals surface area contributed by atoms with Gasteiger partial charge in [0.15, 0.2) is 0 Å². The van der Waals surface area contributed by atoms with E-state index in [1.807, 2.05) is 0 Å². The number of benzene rings is 1. The van der Waals surface area contributed by atoms with Crippen molar-refractivity contribution in [2.24, 2.45) is 29.1 Å². The van der Waals surface area contributed by atoms with Crippen molar-refractivity contribution in [1.82, 2.24) is 0 Å². The zero-order valence-corrected chi connectivity index (χ0v) is 19.4. The molecule has 0 amide bonds. The lowest BCUT2D eigenvalue weighted by Gasteiger charge is -2.50. The standard InChI is InChI=1S/C28H37NO2/c1-28-16-14-24-23-11-9-22(31-17-15-19-4-7-21(8-5-19)29(2)3)18-20(23)6-10-25(24)26(28)12-13-27(28)30/h4-8,18,23-26H,9-17H2,1-3H3/t23-,24+,25+,26-,28-/m0/s1. The number of rotatable bonds is 5. The highest BCUT2D eigenvalue weighted by Crippen LogP contribution is 2.59. The van der Waals surface area contributed by atoms with Crippen LogP contribution in [0.3, 0.4) is 0 Å². The van der Waals surface area contributed by atoms with Gasteiger partial charge in [0, 0.05) is 44.5 Å². The van der Waals surface area contributed by atoms with Gasteiger partial charge in [-0.1, -0.05) is 25.1 Å². The summed E-state index contributed by atoms with van der Waals surface area (Å²) in [4.78, 5) is 14.7. The van der Waals surface area contributed by atoms with E-state index < -0.39 is 0 Å². The minimum atomic E-state index is -0.0178. The van der Waals surface area contributed by atoms with Crippen LogP contribution in [0.4, 0.5) is 5.69 Å². The molecule has 2 saturated carbocycles. The summed E-state index contributed by atoms with van der Waals surface area (Å²) >= 11 is 0. The molecule has 0 spiro atoms. The molecule has 0 radical (unpaired) electrons. The number of hydrogen-bond acceptors (Lipinski definition) is 3. The molecule has 1 aromatic rings. The molecular formula is C28H37NO2. The summed E-state index contributed by atoms with van der Waals surface area (Å²) in [6, 6.07) is 8.77. The SMILES string of the molecule is CN(C)c1ccc(CCOC2=CC3=CC[C@@H]4[C@H](CC[C@]5(C)C(=O)CC[C@@H]45)[C@H]3CC2)cc1. The van der Waals surface area contributed by atoms with Gasteiger partial charge < -0.3 is 9.64 Å². The lowest BCUT2D eigenvalue weighted by Crippen LogP contribution is -2.45. The first kappa shape index (κ1) is 20.8. The average Bonchev–Trinajstić information content (AvgIpc) is 3.08. The van der Waals surface area contributed by atoms with Crippen molar-refractivity contribution in [3.63, 3.8) is 0 Å².